The molecule has 0 spiro atoms. The lowest BCUT2D eigenvalue weighted by Crippen LogP contribution is -2.11. The molecule has 1 aromatic rings. The zero-order valence-electron chi connectivity index (χ0n) is 7.90. The Kier molecular flexibility index (Phi) is 5.05. The first-order valence-electron chi connectivity index (χ1n) is 4.44. The van der Waals surface area contributed by atoms with Crippen LogP contribution in [0.3, 0.4) is 0 Å². The average molecular weight is 295 g/mol. The van der Waals surface area contributed by atoms with E-state index in [1.165, 1.54) is 6.07 Å². The van der Waals surface area contributed by atoms with Crippen molar-refractivity contribution in [3.05, 3.63) is 28.5 Å². The lowest BCUT2D eigenvalue weighted by Gasteiger charge is -2.04. The number of nitrogens with one attached hydrogen (secondary N) is 1. The molecule has 1 N–H and O–H groups in total. The van der Waals surface area contributed by atoms with Crippen LogP contribution in [0.5, 0.6) is 0 Å². The zero-order chi connectivity index (χ0) is 11.3. The largest absolute Gasteiger partial charge is 0.326 e. The molecule has 0 saturated heterocycles. The Morgan fingerprint density at radius 1 is 1.53 bits per heavy atom. The number of halogens is 3. The summed E-state index contributed by atoms with van der Waals surface area (Å²) in [4.78, 5) is 11.3. The maximum Gasteiger partial charge on any atom is 0.224 e. The number of anilines is 1. The van der Waals surface area contributed by atoms with Crippen LogP contribution in [0, 0.1) is 5.82 Å². The number of alkyl halides is 1. The molecule has 1 aromatic carbocycles. The third kappa shape index (κ3) is 4.18. The fourth-order valence-corrected chi connectivity index (χ4v) is 1.41. The molecule has 0 aliphatic carbocycles. The molecule has 0 fully saturated rings. The topological polar surface area (TPSA) is 29.1 Å². The van der Waals surface area contributed by atoms with Crippen molar-refractivity contribution in [3.63, 3.8) is 0 Å². The molecule has 0 bridgehead atoms. The summed E-state index contributed by atoms with van der Waals surface area (Å²) in [6.45, 7) is 0. The Morgan fingerprint density at radius 3 is 2.87 bits per heavy atom. The van der Waals surface area contributed by atoms with Crippen molar-refractivity contribution in [2.75, 3.05) is 11.2 Å². The van der Waals surface area contributed by atoms with Crippen molar-refractivity contribution in [2.45, 2.75) is 12.8 Å². The second-order valence-electron chi connectivity index (χ2n) is 2.97. The molecule has 15 heavy (non-hydrogen) atoms. The van der Waals surface area contributed by atoms with Gasteiger partial charge in [-0.2, -0.15) is 0 Å². The number of rotatable bonds is 4. The minimum Gasteiger partial charge on any atom is -0.326 e. The summed E-state index contributed by atoms with van der Waals surface area (Å²) in [5.41, 5.74) is 0.454. The second kappa shape index (κ2) is 6.08. The Bertz CT molecular complexity index is 359. The van der Waals surface area contributed by atoms with Gasteiger partial charge in [-0.05, 0) is 40.5 Å². The van der Waals surface area contributed by atoms with E-state index in [1.807, 2.05) is 0 Å². The number of hydrogen-bond acceptors (Lipinski definition) is 1. The van der Waals surface area contributed by atoms with E-state index in [0.29, 0.717) is 28.9 Å². The Balaban J connectivity index is 2.57. The van der Waals surface area contributed by atoms with E-state index >= 15 is 0 Å². The van der Waals surface area contributed by atoms with Gasteiger partial charge in [0.2, 0.25) is 5.91 Å². The Hall–Kier alpha value is -0.610. The van der Waals surface area contributed by atoms with E-state index in [0.717, 1.165) is 0 Å². The molecule has 0 unspecified atom stereocenters. The summed E-state index contributed by atoms with van der Waals surface area (Å²) >= 11 is 8.48. The molecule has 0 aliphatic rings. The molecular weight excluding hydrogens is 284 g/mol. The van der Waals surface area contributed by atoms with Crippen LogP contribution < -0.4 is 5.32 Å². The first kappa shape index (κ1) is 12.5. The smallest absolute Gasteiger partial charge is 0.224 e. The number of hydrogen-bond donors (Lipinski definition) is 1. The summed E-state index contributed by atoms with van der Waals surface area (Å²) < 4.78 is 13.4. The molecule has 1 amide bonds. The van der Waals surface area contributed by atoms with Crippen molar-refractivity contribution < 1.29 is 9.18 Å². The van der Waals surface area contributed by atoms with E-state index in [-0.39, 0.29) is 5.91 Å². The molecule has 0 heterocycles. The Morgan fingerprint density at radius 2 is 2.27 bits per heavy atom. The second-order valence-corrected chi connectivity index (χ2v) is 4.20. The standard InChI is InChI=1S/C10H10BrClFNO/c11-8-4-3-7(6-9(8)13)14-10(15)2-1-5-12/h3-4,6H,1-2,5H2,(H,14,15). The maximum absolute atomic E-state index is 13.1. The van der Waals surface area contributed by atoms with E-state index in [1.54, 1.807) is 12.1 Å². The van der Waals surface area contributed by atoms with Crippen LogP contribution in [0.2, 0.25) is 0 Å². The van der Waals surface area contributed by atoms with Crippen molar-refractivity contribution in [1.82, 2.24) is 0 Å². The van der Waals surface area contributed by atoms with Gasteiger partial charge in [-0.1, -0.05) is 0 Å². The van der Waals surface area contributed by atoms with Gasteiger partial charge in [0.15, 0.2) is 0 Å². The van der Waals surface area contributed by atoms with Gasteiger partial charge in [0.25, 0.3) is 0 Å². The SMILES string of the molecule is O=C(CCCCl)Nc1ccc(Br)c(F)c1. The van der Waals surface area contributed by atoms with Crippen molar-refractivity contribution >= 4 is 39.1 Å². The maximum atomic E-state index is 13.1. The molecular formula is C10H10BrClFNO. The van der Waals surface area contributed by atoms with Gasteiger partial charge in [0.05, 0.1) is 4.47 Å². The van der Waals surface area contributed by atoms with Crippen molar-refractivity contribution in [3.8, 4) is 0 Å². The number of amides is 1. The van der Waals surface area contributed by atoms with Gasteiger partial charge < -0.3 is 5.32 Å². The normalized spacial score (nSPS) is 10.1. The van der Waals surface area contributed by atoms with E-state index in [2.05, 4.69) is 21.2 Å². The van der Waals surface area contributed by atoms with Crippen LogP contribution >= 0.6 is 27.5 Å². The molecule has 0 radical (unpaired) electrons. The quantitative estimate of drug-likeness (QED) is 0.846. The predicted octanol–water partition coefficient (Wildman–Crippen LogP) is 3.55. The fraction of sp³-hybridized carbons (Fsp3) is 0.300. The highest BCUT2D eigenvalue weighted by atomic mass is 79.9. The van der Waals surface area contributed by atoms with Gasteiger partial charge in [-0.25, -0.2) is 4.39 Å². The molecule has 1 rings (SSSR count). The van der Waals surface area contributed by atoms with Crippen LogP contribution in [0.4, 0.5) is 10.1 Å². The zero-order valence-corrected chi connectivity index (χ0v) is 10.2. The minimum atomic E-state index is -0.398. The van der Waals surface area contributed by atoms with Crippen LogP contribution in [0.15, 0.2) is 22.7 Å². The summed E-state index contributed by atoms with van der Waals surface area (Å²) in [6, 6.07) is 4.45. The monoisotopic (exact) mass is 293 g/mol. The number of carbonyl (C=O) groups is 1. The molecule has 0 aliphatic heterocycles. The third-order valence-corrected chi connectivity index (χ3v) is 2.65. The van der Waals surface area contributed by atoms with Gasteiger partial charge in [0.1, 0.15) is 5.82 Å². The lowest BCUT2D eigenvalue weighted by molar-refractivity contribution is -0.116. The van der Waals surface area contributed by atoms with E-state index < -0.39 is 5.82 Å². The van der Waals surface area contributed by atoms with Crippen LogP contribution in [-0.4, -0.2) is 11.8 Å². The molecule has 0 aromatic heterocycles. The van der Waals surface area contributed by atoms with E-state index in [4.69, 9.17) is 11.6 Å². The highest BCUT2D eigenvalue weighted by molar-refractivity contribution is 9.10. The molecule has 5 heteroatoms. The van der Waals surface area contributed by atoms with Crippen molar-refractivity contribution in [1.29, 1.82) is 0 Å². The fourth-order valence-electron chi connectivity index (χ4n) is 1.02. The van der Waals surface area contributed by atoms with Gasteiger partial charge in [0, 0.05) is 18.0 Å². The summed E-state index contributed by atoms with van der Waals surface area (Å²) in [7, 11) is 0. The summed E-state index contributed by atoms with van der Waals surface area (Å²) in [6.07, 6.45) is 0.966. The van der Waals surface area contributed by atoms with Crippen LogP contribution in [-0.2, 0) is 4.79 Å². The molecule has 2 nitrogen and oxygen atoms in total. The highest BCUT2D eigenvalue weighted by Crippen LogP contribution is 2.19. The van der Waals surface area contributed by atoms with Gasteiger partial charge >= 0.3 is 0 Å². The van der Waals surface area contributed by atoms with E-state index in [9.17, 15) is 9.18 Å². The third-order valence-electron chi connectivity index (χ3n) is 1.74. The lowest BCUT2D eigenvalue weighted by atomic mass is 10.3. The number of carbonyl (C=O) groups excluding carboxylic acids is 1. The Labute approximate surface area is 101 Å². The predicted molar refractivity (Wildman–Crippen MR) is 62.7 cm³/mol. The summed E-state index contributed by atoms with van der Waals surface area (Å²) in [5.74, 6) is -0.107. The van der Waals surface area contributed by atoms with Crippen LogP contribution in [0.25, 0.3) is 0 Å². The molecule has 0 saturated carbocycles. The minimum absolute atomic E-state index is 0.155. The first-order valence-corrected chi connectivity index (χ1v) is 5.77. The van der Waals surface area contributed by atoms with Gasteiger partial charge in [-0.15, -0.1) is 11.6 Å². The van der Waals surface area contributed by atoms with Gasteiger partial charge in [-0.3, -0.25) is 4.79 Å². The molecule has 0 atom stereocenters. The molecule has 82 valence electrons. The van der Waals surface area contributed by atoms with Crippen molar-refractivity contribution in [2.24, 2.45) is 0 Å². The highest BCUT2D eigenvalue weighted by Gasteiger charge is 2.04. The first-order chi connectivity index (χ1) is 7.13. The number of benzene rings is 1. The summed E-state index contributed by atoms with van der Waals surface area (Å²) in [5, 5.41) is 2.59. The van der Waals surface area contributed by atoms with Crippen LogP contribution in [0.1, 0.15) is 12.8 Å². The average Bonchev–Trinajstić information content (AvgIpc) is 2.20.